The monoisotopic (exact) mass is 383 g/mol. The molecule has 1 heterocycles. The first-order valence-corrected chi connectivity index (χ1v) is 7.44. The standard InChI is InChI=1S/C14H8BrCl2N3O/c15-8-2-4-12(18)9(6-8)14-19-13(20-21-14)7-1-3-10(16)11(17)5-7/h1-6H,18H2. The molecular formula is C14H8BrCl2N3O. The average Bonchev–Trinajstić information content (AvgIpc) is 2.94. The zero-order valence-corrected chi connectivity index (χ0v) is 13.6. The molecule has 0 aliphatic heterocycles. The highest BCUT2D eigenvalue weighted by Gasteiger charge is 2.14. The van der Waals surface area contributed by atoms with Gasteiger partial charge in [0.15, 0.2) is 0 Å². The van der Waals surface area contributed by atoms with E-state index in [0.717, 1.165) is 4.47 Å². The Balaban J connectivity index is 2.03. The molecule has 7 heteroatoms. The van der Waals surface area contributed by atoms with Crippen LogP contribution in [0.2, 0.25) is 10.0 Å². The first-order chi connectivity index (χ1) is 10.0. The second kappa shape index (κ2) is 5.67. The van der Waals surface area contributed by atoms with Crippen molar-refractivity contribution in [1.82, 2.24) is 10.1 Å². The second-order valence-corrected chi connectivity index (χ2v) is 6.01. The maximum Gasteiger partial charge on any atom is 0.260 e. The van der Waals surface area contributed by atoms with Crippen molar-refractivity contribution in [3.05, 3.63) is 50.9 Å². The Labute approximate surface area is 139 Å². The molecular weight excluding hydrogens is 377 g/mol. The van der Waals surface area contributed by atoms with Gasteiger partial charge >= 0.3 is 0 Å². The number of aromatic nitrogens is 2. The summed E-state index contributed by atoms with van der Waals surface area (Å²) in [4.78, 5) is 4.34. The van der Waals surface area contributed by atoms with Crippen LogP contribution in [0.4, 0.5) is 5.69 Å². The maximum absolute atomic E-state index is 5.99. The normalized spacial score (nSPS) is 10.8. The van der Waals surface area contributed by atoms with E-state index in [2.05, 4.69) is 26.1 Å². The highest BCUT2D eigenvalue weighted by Crippen LogP contribution is 2.31. The van der Waals surface area contributed by atoms with E-state index in [9.17, 15) is 0 Å². The summed E-state index contributed by atoms with van der Waals surface area (Å²) in [7, 11) is 0. The molecule has 21 heavy (non-hydrogen) atoms. The third-order valence-corrected chi connectivity index (χ3v) is 4.08. The molecule has 0 aliphatic carbocycles. The van der Waals surface area contributed by atoms with Gasteiger partial charge in [-0.1, -0.05) is 44.3 Å². The number of rotatable bonds is 2. The summed E-state index contributed by atoms with van der Waals surface area (Å²) < 4.78 is 6.15. The molecule has 0 amide bonds. The molecule has 106 valence electrons. The lowest BCUT2D eigenvalue weighted by Crippen LogP contribution is -1.90. The van der Waals surface area contributed by atoms with E-state index in [0.29, 0.717) is 38.6 Å². The lowest BCUT2D eigenvalue weighted by Gasteiger charge is -2.00. The maximum atomic E-state index is 5.99. The largest absolute Gasteiger partial charge is 0.398 e. The molecule has 0 saturated heterocycles. The van der Waals surface area contributed by atoms with E-state index in [4.69, 9.17) is 33.5 Å². The number of nitrogens with two attached hydrogens (primary N) is 1. The van der Waals surface area contributed by atoms with E-state index in [1.165, 1.54) is 0 Å². The van der Waals surface area contributed by atoms with E-state index >= 15 is 0 Å². The van der Waals surface area contributed by atoms with Crippen molar-refractivity contribution in [3.8, 4) is 22.8 Å². The number of halogens is 3. The molecule has 3 aromatic rings. The molecule has 1 aromatic heterocycles. The Hall–Kier alpha value is -1.56. The fourth-order valence-electron chi connectivity index (χ4n) is 1.80. The molecule has 2 aromatic carbocycles. The van der Waals surface area contributed by atoms with Crippen LogP contribution < -0.4 is 5.73 Å². The summed E-state index contributed by atoms with van der Waals surface area (Å²) in [6.45, 7) is 0. The summed E-state index contributed by atoms with van der Waals surface area (Å²) in [5.41, 5.74) is 7.87. The van der Waals surface area contributed by atoms with Gasteiger partial charge in [-0.05, 0) is 36.4 Å². The minimum Gasteiger partial charge on any atom is -0.398 e. The van der Waals surface area contributed by atoms with Gasteiger partial charge in [0.05, 0.1) is 15.6 Å². The van der Waals surface area contributed by atoms with Crippen LogP contribution in [0, 0.1) is 0 Å². The average molecular weight is 385 g/mol. The molecule has 0 radical (unpaired) electrons. The fourth-order valence-corrected chi connectivity index (χ4v) is 2.46. The third-order valence-electron chi connectivity index (χ3n) is 2.85. The van der Waals surface area contributed by atoms with Crippen molar-refractivity contribution < 1.29 is 4.52 Å². The fraction of sp³-hybridized carbons (Fsp3) is 0. The van der Waals surface area contributed by atoms with Crippen LogP contribution in [0.1, 0.15) is 0 Å². The molecule has 0 saturated carbocycles. The lowest BCUT2D eigenvalue weighted by atomic mass is 10.2. The Morgan fingerprint density at radius 1 is 1.05 bits per heavy atom. The highest BCUT2D eigenvalue weighted by atomic mass is 79.9. The summed E-state index contributed by atoms with van der Waals surface area (Å²) in [6.07, 6.45) is 0. The smallest absolute Gasteiger partial charge is 0.260 e. The van der Waals surface area contributed by atoms with Gasteiger partial charge in [0.2, 0.25) is 5.82 Å². The second-order valence-electron chi connectivity index (χ2n) is 4.28. The van der Waals surface area contributed by atoms with Crippen LogP contribution in [0.15, 0.2) is 45.4 Å². The Morgan fingerprint density at radius 2 is 1.86 bits per heavy atom. The zero-order chi connectivity index (χ0) is 15.0. The lowest BCUT2D eigenvalue weighted by molar-refractivity contribution is 0.432. The van der Waals surface area contributed by atoms with Gasteiger partial charge in [0.25, 0.3) is 5.89 Å². The molecule has 0 spiro atoms. The van der Waals surface area contributed by atoms with Gasteiger partial charge in [-0.15, -0.1) is 0 Å². The molecule has 4 nitrogen and oxygen atoms in total. The van der Waals surface area contributed by atoms with E-state index in [1.54, 1.807) is 24.3 Å². The van der Waals surface area contributed by atoms with Gasteiger partial charge in [0.1, 0.15) is 0 Å². The van der Waals surface area contributed by atoms with E-state index in [-0.39, 0.29) is 0 Å². The topological polar surface area (TPSA) is 64.9 Å². The predicted molar refractivity (Wildman–Crippen MR) is 87.3 cm³/mol. The van der Waals surface area contributed by atoms with Gasteiger partial charge in [-0.25, -0.2) is 0 Å². The quantitative estimate of drug-likeness (QED) is 0.627. The molecule has 0 unspecified atom stereocenters. The summed E-state index contributed by atoms with van der Waals surface area (Å²) in [5.74, 6) is 0.762. The van der Waals surface area contributed by atoms with E-state index in [1.807, 2.05) is 12.1 Å². The number of nitrogens with zero attached hydrogens (tertiary/aromatic N) is 2. The van der Waals surface area contributed by atoms with Crippen molar-refractivity contribution in [3.63, 3.8) is 0 Å². The SMILES string of the molecule is Nc1ccc(Br)cc1-c1nc(-c2ccc(Cl)c(Cl)c2)no1. The van der Waals surface area contributed by atoms with Crippen LogP contribution in [0.25, 0.3) is 22.8 Å². The van der Waals surface area contributed by atoms with Crippen LogP contribution >= 0.6 is 39.1 Å². The molecule has 0 atom stereocenters. The van der Waals surface area contributed by atoms with Crippen molar-refractivity contribution in [1.29, 1.82) is 0 Å². The van der Waals surface area contributed by atoms with Crippen LogP contribution in [0.5, 0.6) is 0 Å². The summed E-state index contributed by atoms with van der Waals surface area (Å²) in [6, 6.07) is 10.6. The summed E-state index contributed by atoms with van der Waals surface area (Å²) in [5, 5.41) is 4.85. The first kappa shape index (κ1) is 14.4. The van der Waals surface area contributed by atoms with Gasteiger partial charge in [-0.3, -0.25) is 0 Å². The van der Waals surface area contributed by atoms with Gasteiger partial charge in [-0.2, -0.15) is 4.98 Å². The Bertz CT molecular complexity index is 820. The predicted octanol–water partition coefficient (Wildman–Crippen LogP) is 5.06. The van der Waals surface area contributed by atoms with Crippen molar-refractivity contribution in [2.75, 3.05) is 5.73 Å². The van der Waals surface area contributed by atoms with Crippen molar-refractivity contribution >= 4 is 44.8 Å². The Kier molecular flexibility index (Phi) is 3.89. The molecule has 2 N–H and O–H groups in total. The zero-order valence-electron chi connectivity index (χ0n) is 10.5. The number of anilines is 1. The van der Waals surface area contributed by atoms with Crippen LogP contribution in [-0.2, 0) is 0 Å². The third kappa shape index (κ3) is 2.90. The molecule has 0 bridgehead atoms. The van der Waals surface area contributed by atoms with Crippen LogP contribution in [0.3, 0.4) is 0 Å². The molecule has 3 rings (SSSR count). The minimum absolute atomic E-state index is 0.342. The summed E-state index contributed by atoms with van der Waals surface area (Å²) >= 11 is 15.3. The van der Waals surface area contributed by atoms with E-state index < -0.39 is 0 Å². The number of nitrogen functional groups attached to an aromatic ring is 1. The van der Waals surface area contributed by atoms with Crippen LogP contribution in [-0.4, -0.2) is 10.1 Å². The van der Waals surface area contributed by atoms with Gasteiger partial charge in [0, 0.05) is 15.7 Å². The highest BCUT2D eigenvalue weighted by molar-refractivity contribution is 9.10. The first-order valence-electron chi connectivity index (χ1n) is 5.89. The number of hydrogen-bond acceptors (Lipinski definition) is 4. The Morgan fingerprint density at radius 3 is 2.62 bits per heavy atom. The number of benzene rings is 2. The number of hydrogen-bond donors (Lipinski definition) is 1. The van der Waals surface area contributed by atoms with Crippen molar-refractivity contribution in [2.45, 2.75) is 0 Å². The molecule has 0 fully saturated rings. The van der Waals surface area contributed by atoms with Crippen molar-refractivity contribution in [2.24, 2.45) is 0 Å². The minimum atomic E-state index is 0.342. The van der Waals surface area contributed by atoms with Gasteiger partial charge < -0.3 is 10.3 Å². The molecule has 0 aliphatic rings.